The quantitative estimate of drug-likeness (QED) is 0.764. The average molecular weight is 207 g/mol. The monoisotopic (exact) mass is 207 g/mol. The van der Waals surface area contributed by atoms with Gasteiger partial charge in [-0.3, -0.25) is 4.79 Å². The Kier molecular flexibility index (Phi) is 2.33. The van der Waals surface area contributed by atoms with Crippen molar-refractivity contribution in [3.63, 3.8) is 0 Å². The molecule has 2 rings (SSSR count). The van der Waals surface area contributed by atoms with Gasteiger partial charge in [0.25, 0.3) is 0 Å². The number of rotatable bonds is 1. The summed E-state index contributed by atoms with van der Waals surface area (Å²) in [4.78, 5) is 13.8. The predicted molar refractivity (Wildman–Crippen MR) is 52.4 cm³/mol. The van der Waals surface area contributed by atoms with Gasteiger partial charge in [0.1, 0.15) is 0 Å². The number of hydrogen-bond acceptors (Lipinski definition) is 1. The molecular weight excluding hydrogens is 200 g/mol. The Bertz CT molecular complexity index is 548. The summed E-state index contributed by atoms with van der Waals surface area (Å²) >= 11 is 0. The van der Waals surface area contributed by atoms with Gasteiger partial charge in [-0.2, -0.15) is 0 Å². The molecule has 0 bridgehead atoms. The summed E-state index contributed by atoms with van der Waals surface area (Å²) < 4.78 is 25.5. The van der Waals surface area contributed by atoms with Gasteiger partial charge in [0.2, 0.25) is 0 Å². The molecule has 1 heterocycles. The predicted octanol–water partition coefficient (Wildman–Crippen LogP) is 2.32. The topological polar surface area (TPSA) is 32.9 Å². The van der Waals surface area contributed by atoms with E-state index in [2.05, 4.69) is 4.98 Å². The van der Waals surface area contributed by atoms with E-state index in [1.807, 2.05) is 0 Å². The lowest BCUT2D eigenvalue weighted by Gasteiger charge is -2.01. The summed E-state index contributed by atoms with van der Waals surface area (Å²) in [6, 6.07) is 6.15. The number of aromatic amines is 1. The lowest BCUT2D eigenvalue weighted by atomic mass is 10.1. The summed E-state index contributed by atoms with van der Waals surface area (Å²) in [5, 5.41) is 0. The van der Waals surface area contributed by atoms with Crippen molar-refractivity contribution < 1.29 is 8.78 Å². The van der Waals surface area contributed by atoms with Crippen molar-refractivity contribution in [1.82, 2.24) is 4.98 Å². The minimum absolute atomic E-state index is 0.187. The second-order valence-electron chi connectivity index (χ2n) is 3.07. The molecule has 0 aliphatic heterocycles. The molecule has 0 saturated carbocycles. The number of pyridine rings is 1. The zero-order chi connectivity index (χ0) is 10.8. The Balaban J connectivity index is 2.55. The average Bonchev–Trinajstić information content (AvgIpc) is 2.22. The standard InChI is InChI=1S/C11H7F2NO/c12-9-2-1-7(5-10(9)13)11-6-8(15)3-4-14-11/h1-6H,(H,14,15). The Morgan fingerprint density at radius 2 is 1.80 bits per heavy atom. The second-order valence-corrected chi connectivity index (χ2v) is 3.07. The largest absolute Gasteiger partial charge is 0.361 e. The third-order valence-electron chi connectivity index (χ3n) is 2.00. The van der Waals surface area contributed by atoms with Crippen LogP contribution in [0.4, 0.5) is 8.78 Å². The van der Waals surface area contributed by atoms with Gasteiger partial charge in [-0.1, -0.05) is 0 Å². The summed E-state index contributed by atoms with van der Waals surface area (Å²) in [6.07, 6.45) is 1.46. The second kappa shape index (κ2) is 3.65. The maximum atomic E-state index is 12.9. The summed E-state index contributed by atoms with van der Waals surface area (Å²) in [6.45, 7) is 0. The molecular formula is C11H7F2NO. The van der Waals surface area contributed by atoms with E-state index >= 15 is 0 Å². The molecule has 0 amide bonds. The molecule has 2 aromatic rings. The molecule has 0 saturated heterocycles. The number of H-pyrrole nitrogens is 1. The van der Waals surface area contributed by atoms with E-state index in [-0.39, 0.29) is 5.43 Å². The van der Waals surface area contributed by atoms with Crippen LogP contribution >= 0.6 is 0 Å². The molecule has 76 valence electrons. The molecule has 1 aromatic heterocycles. The fourth-order valence-corrected chi connectivity index (χ4v) is 1.28. The molecule has 0 atom stereocenters. The van der Waals surface area contributed by atoms with E-state index in [0.717, 1.165) is 12.1 Å². The van der Waals surface area contributed by atoms with Crippen LogP contribution in [-0.2, 0) is 0 Å². The highest BCUT2D eigenvalue weighted by molar-refractivity contribution is 5.58. The van der Waals surface area contributed by atoms with Crippen LogP contribution < -0.4 is 5.43 Å². The molecule has 0 radical (unpaired) electrons. The Morgan fingerprint density at radius 1 is 1.00 bits per heavy atom. The summed E-state index contributed by atoms with van der Waals surface area (Å²) in [7, 11) is 0. The molecule has 1 N–H and O–H groups in total. The van der Waals surface area contributed by atoms with Crippen LogP contribution in [0.3, 0.4) is 0 Å². The Hall–Kier alpha value is -1.97. The molecule has 0 fully saturated rings. The number of halogens is 2. The lowest BCUT2D eigenvalue weighted by Crippen LogP contribution is -1.98. The van der Waals surface area contributed by atoms with Crippen LogP contribution in [-0.4, -0.2) is 4.98 Å². The molecule has 15 heavy (non-hydrogen) atoms. The smallest absolute Gasteiger partial charge is 0.182 e. The van der Waals surface area contributed by atoms with E-state index in [1.54, 1.807) is 0 Å². The van der Waals surface area contributed by atoms with E-state index in [0.29, 0.717) is 11.3 Å². The highest BCUT2D eigenvalue weighted by atomic mass is 19.2. The highest BCUT2D eigenvalue weighted by Crippen LogP contribution is 2.17. The minimum atomic E-state index is -0.933. The summed E-state index contributed by atoms with van der Waals surface area (Å²) in [5.41, 5.74) is 0.710. The van der Waals surface area contributed by atoms with Crippen LogP contribution in [0.15, 0.2) is 41.3 Å². The maximum Gasteiger partial charge on any atom is 0.182 e. The molecule has 0 spiro atoms. The van der Waals surface area contributed by atoms with Gasteiger partial charge in [-0.15, -0.1) is 0 Å². The number of nitrogens with one attached hydrogen (secondary N) is 1. The maximum absolute atomic E-state index is 12.9. The van der Waals surface area contributed by atoms with Gasteiger partial charge >= 0.3 is 0 Å². The first-order valence-corrected chi connectivity index (χ1v) is 4.31. The third kappa shape index (κ3) is 1.93. The zero-order valence-corrected chi connectivity index (χ0v) is 7.63. The van der Waals surface area contributed by atoms with Gasteiger partial charge < -0.3 is 4.98 Å². The molecule has 1 aromatic carbocycles. The lowest BCUT2D eigenvalue weighted by molar-refractivity contribution is 0.509. The van der Waals surface area contributed by atoms with E-state index in [1.165, 1.54) is 24.4 Å². The summed E-state index contributed by atoms with van der Waals surface area (Å²) in [5.74, 6) is -1.84. The fourth-order valence-electron chi connectivity index (χ4n) is 1.28. The third-order valence-corrected chi connectivity index (χ3v) is 2.00. The van der Waals surface area contributed by atoms with Gasteiger partial charge in [-0.25, -0.2) is 8.78 Å². The van der Waals surface area contributed by atoms with Crippen molar-refractivity contribution in [3.8, 4) is 11.3 Å². The Labute approximate surface area is 84.2 Å². The van der Waals surface area contributed by atoms with E-state index in [4.69, 9.17) is 0 Å². The molecule has 2 nitrogen and oxygen atoms in total. The van der Waals surface area contributed by atoms with Gasteiger partial charge in [0, 0.05) is 29.6 Å². The fraction of sp³-hybridized carbons (Fsp3) is 0. The molecule has 0 aliphatic rings. The molecule has 4 heteroatoms. The van der Waals surface area contributed by atoms with Crippen molar-refractivity contribution in [2.45, 2.75) is 0 Å². The highest BCUT2D eigenvalue weighted by Gasteiger charge is 2.04. The van der Waals surface area contributed by atoms with Crippen LogP contribution in [0, 0.1) is 11.6 Å². The first-order chi connectivity index (χ1) is 7.16. The molecule has 0 aliphatic carbocycles. The zero-order valence-electron chi connectivity index (χ0n) is 7.63. The van der Waals surface area contributed by atoms with Crippen molar-refractivity contribution in [2.24, 2.45) is 0 Å². The van der Waals surface area contributed by atoms with Crippen molar-refractivity contribution in [3.05, 3.63) is 58.4 Å². The van der Waals surface area contributed by atoms with Crippen molar-refractivity contribution in [2.75, 3.05) is 0 Å². The van der Waals surface area contributed by atoms with Crippen molar-refractivity contribution in [1.29, 1.82) is 0 Å². The first kappa shape index (κ1) is 9.58. The van der Waals surface area contributed by atoms with Crippen LogP contribution in [0.1, 0.15) is 0 Å². The number of hydrogen-bond donors (Lipinski definition) is 1. The Morgan fingerprint density at radius 3 is 2.47 bits per heavy atom. The van der Waals surface area contributed by atoms with Crippen LogP contribution in [0.5, 0.6) is 0 Å². The van der Waals surface area contributed by atoms with E-state index in [9.17, 15) is 13.6 Å². The minimum Gasteiger partial charge on any atom is -0.361 e. The SMILES string of the molecule is O=c1cc[nH]c(-c2ccc(F)c(F)c2)c1. The number of aromatic nitrogens is 1. The van der Waals surface area contributed by atoms with Gasteiger partial charge in [0.15, 0.2) is 17.1 Å². The normalized spacial score (nSPS) is 10.3. The van der Waals surface area contributed by atoms with Crippen LogP contribution in [0.2, 0.25) is 0 Å². The van der Waals surface area contributed by atoms with Crippen LogP contribution in [0.25, 0.3) is 11.3 Å². The van der Waals surface area contributed by atoms with Gasteiger partial charge in [-0.05, 0) is 18.2 Å². The van der Waals surface area contributed by atoms with Crippen molar-refractivity contribution >= 4 is 0 Å². The molecule has 0 unspecified atom stereocenters. The van der Waals surface area contributed by atoms with E-state index < -0.39 is 11.6 Å². The van der Waals surface area contributed by atoms with Gasteiger partial charge in [0.05, 0.1) is 0 Å². The first-order valence-electron chi connectivity index (χ1n) is 4.31. The number of benzene rings is 1.